The molecule has 2 unspecified atom stereocenters. The van der Waals surface area contributed by atoms with Crippen molar-refractivity contribution in [3.05, 3.63) is 23.3 Å². The fourth-order valence-electron chi connectivity index (χ4n) is 1.51. The molecule has 0 saturated heterocycles. The Morgan fingerprint density at radius 2 is 2.17 bits per heavy atom. The summed E-state index contributed by atoms with van der Waals surface area (Å²) in [5, 5.41) is 37.6. The summed E-state index contributed by atoms with van der Waals surface area (Å²) < 4.78 is 4.85. The third kappa shape index (κ3) is 2.77. The van der Waals surface area contributed by atoms with Gasteiger partial charge in [0.1, 0.15) is 12.4 Å². The van der Waals surface area contributed by atoms with Gasteiger partial charge in [0, 0.05) is 11.1 Å². The third-order valence-electron chi connectivity index (χ3n) is 2.47. The lowest BCUT2D eigenvalue weighted by atomic mass is 9.99. The van der Waals surface area contributed by atoms with Crippen molar-refractivity contribution >= 4 is 6.29 Å². The molecule has 18 heavy (non-hydrogen) atoms. The Morgan fingerprint density at radius 1 is 1.50 bits per heavy atom. The summed E-state index contributed by atoms with van der Waals surface area (Å²) in [5.41, 5.74) is 0.127. The lowest BCUT2D eigenvalue weighted by molar-refractivity contribution is 0.0200. The minimum Gasteiger partial charge on any atom is -0.504 e. The number of ether oxygens (including phenoxy) is 1. The number of rotatable bonds is 5. The van der Waals surface area contributed by atoms with Gasteiger partial charge in [0.25, 0.3) is 0 Å². The summed E-state index contributed by atoms with van der Waals surface area (Å²) in [4.78, 5) is 10.7. The van der Waals surface area contributed by atoms with Crippen LogP contribution in [-0.2, 0) is 0 Å². The number of hydrogen-bond donors (Lipinski definition) is 3. The van der Waals surface area contributed by atoms with Crippen molar-refractivity contribution in [1.29, 1.82) is 5.26 Å². The maximum Gasteiger partial charge on any atom is 0.163 e. The van der Waals surface area contributed by atoms with Gasteiger partial charge in [0.2, 0.25) is 0 Å². The zero-order valence-electron chi connectivity index (χ0n) is 9.70. The van der Waals surface area contributed by atoms with Gasteiger partial charge >= 0.3 is 0 Å². The number of aliphatic hydroxyl groups is 2. The van der Waals surface area contributed by atoms with Crippen LogP contribution in [0.25, 0.3) is 0 Å². The second kappa shape index (κ2) is 6.00. The Balaban J connectivity index is 3.22. The zero-order valence-corrected chi connectivity index (χ0v) is 9.70. The molecule has 2 atom stereocenters. The lowest BCUT2D eigenvalue weighted by Crippen LogP contribution is -2.18. The molecule has 3 N–H and O–H groups in total. The van der Waals surface area contributed by atoms with E-state index >= 15 is 0 Å². The summed E-state index contributed by atoms with van der Waals surface area (Å²) in [6.45, 7) is 0. The number of nitrogens with zero attached hydrogens (tertiary/aromatic N) is 1. The number of methoxy groups -OCH3 is 1. The van der Waals surface area contributed by atoms with E-state index in [1.54, 1.807) is 6.07 Å². The molecular weight excluding hydrogens is 238 g/mol. The number of nitriles is 1. The minimum absolute atomic E-state index is 0.0119. The standard InChI is InChI=1S/C12H13NO5/c1-18-10-5-7(6-14)4-8(12(10)17)11(16)9(15)2-3-13/h4-6,9,11,15-17H,2H2,1H3. The Labute approximate surface area is 104 Å². The van der Waals surface area contributed by atoms with Gasteiger partial charge in [-0.1, -0.05) is 0 Å². The quantitative estimate of drug-likeness (QED) is 0.658. The normalized spacial score (nSPS) is 13.4. The van der Waals surface area contributed by atoms with E-state index in [4.69, 9.17) is 10.00 Å². The highest BCUT2D eigenvalue weighted by Crippen LogP contribution is 2.36. The van der Waals surface area contributed by atoms with Gasteiger partial charge in [-0.25, -0.2) is 0 Å². The molecule has 6 heteroatoms. The molecule has 6 nitrogen and oxygen atoms in total. The van der Waals surface area contributed by atoms with Gasteiger partial charge in [-0.15, -0.1) is 0 Å². The molecule has 96 valence electrons. The van der Waals surface area contributed by atoms with Crippen molar-refractivity contribution in [2.24, 2.45) is 0 Å². The number of phenols is 1. The molecule has 0 bridgehead atoms. The van der Waals surface area contributed by atoms with E-state index in [0.29, 0.717) is 6.29 Å². The molecule has 1 aromatic carbocycles. The topological polar surface area (TPSA) is 111 Å². The van der Waals surface area contributed by atoms with Gasteiger partial charge in [0.15, 0.2) is 11.5 Å². The number of hydrogen-bond acceptors (Lipinski definition) is 6. The Morgan fingerprint density at radius 3 is 2.67 bits per heavy atom. The molecule has 0 amide bonds. The number of aldehydes is 1. The first-order chi connectivity index (χ1) is 8.54. The first-order valence-electron chi connectivity index (χ1n) is 5.14. The van der Waals surface area contributed by atoms with E-state index in [9.17, 15) is 20.1 Å². The van der Waals surface area contributed by atoms with Gasteiger partial charge in [-0.05, 0) is 12.1 Å². The van der Waals surface area contributed by atoms with E-state index in [2.05, 4.69) is 0 Å². The van der Waals surface area contributed by atoms with Crippen molar-refractivity contribution in [2.75, 3.05) is 7.11 Å². The molecule has 0 aliphatic heterocycles. The Hall–Kier alpha value is -2.10. The van der Waals surface area contributed by atoms with Gasteiger partial charge in [-0.3, -0.25) is 4.79 Å². The minimum atomic E-state index is -1.47. The average molecular weight is 251 g/mol. The van der Waals surface area contributed by atoms with Crippen molar-refractivity contribution in [1.82, 2.24) is 0 Å². The third-order valence-corrected chi connectivity index (χ3v) is 2.47. The number of aromatic hydroxyl groups is 1. The van der Waals surface area contributed by atoms with Crippen molar-refractivity contribution in [2.45, 2.75) is 18.6 Å². The van der Waals surface area contributed by atoms with Crippen LogP contribution in [0.4, 0.5) is 0 Å². The van der Waals surface area contributed by atoms with Crippen LogP contribution in [0.2, 0.25) is 0 Å². The van der Waals surface area contributed by atoms with Gasteiger partial charge in [0.05, 0.1) is 25.7 Å². The maximum absolute atomic E-state index is 10.7. The second-order valence-electron chi connectivity index (χ2n) is 3.65. The molecule has 0 aromatic heterocycles. The van der Waals surface area contributed by atoms with Crippen LogP contribution in [0.15, 0.2) is 12.1 Å². The van der Waals surface area contributed by atoms with E-state index in [1.165, 1.54) is 19.2 Å². The van der Waals surface area contributed by atoms with E-state index in [0.717, 1.165) is 0 Å². The summed E-state index contributed by atoms with van der Waals surface area (Å²) in [6, 6.07) is 4.24. The predicted molar refractivity (Wildman–Crippen MR) is 61.2 cm³/mol. The molecule has 0 aliphatic carbocycles. The van der Waals surface area contributed by atoms with Crippen LogP contribution >= 0.6 is 0 Å². The molecule has 0 fully saturated rings. The van der Waals surface area contributed by atoms with Crippen molar-refractivity contribution < 1.29 is 24.9 Å². The molecule has 0 saturated carbocycles. The summed E-state index contributed by atoms with van der Waals surface area (Å²) in [5.74, 6) is -0.356. The predicted octanol–water partition coefficient (Wildman–Crippen LogP) is 0.521. The van der Waals surface area contributed by atoms with Crippen LogP contribution < -0.4 is 4.74 Å². The van der Waals surface area contributed by atoms with Crippen LogP contribution in [0.5, 0.6) is 11.5 Å². The zero-order chi connectivity index (χ0) is 13.7. The molecule has 0 spiro atoms. The molecule has 1 aromatic rings. The van der Waals surface area contributed by atoms with E-state index in [1.807, 2.05) is 0 Å². The largest absolute Gasteiger partial charge is 0.504 e. The van der Waals surface area contributed by atoms with Gasteiger partial charge < -0.3 is 20.1 Å². The molecule has 0 radical (unpaired) electrons. The second-order valence-corrected chi connectivity index (χ2v) is 3.65. The van der Waals surface area contributed by atoms with Gasteiger partial charge in [-0.2, -0.15) is 5.26 Å². The highest BCUT2D eigenvalue weighted by Gasteiger charge is 2.23. The van der Waals surface area contributed by atoms with Crippen molar-refractivity contribution in [3.8, 4) is 17.6 Å². The summed E-state index contributed by atoms with van der Waals surface area (Å²) >= 11 is 0. The maximum atomic E-state index is 10.7. The first kappa shape index (κ1) is 14.0. The van der Waals surface area contributed by atoms with Crippen LogP contribution in [-0.4, -0.2) is 34.8 Å². The number of phenolic OH excluding ortho intramolecular Hbond substituents is 1. The SMILES string of the molecule is COc1cc(C=O)cc(C(O)C(O)CC#N)c1O. The lowest BCUT2D eigenvalue weighted by Gasteiger charge is -2.18. The number of benzene rings is 1. The smallest absolute Gasteiger partial charge is 0.163 e. The highest BCUT2D eigenvalue weighted by molar-refractivity contribution is 5.77. The highest BCUT2D eigenvalue weighted by atomic mass is 16.5. The monoisotopic (exact) mass is 251 g/mol. The number of carbonyl (C=O) groups is 1. The molecule has 0 aliphatic rings. The Kier molecular flexibility index (Phi) is 4.66. The molecule has 0 heterocycles. The van der Waals surface area contributed by atoms with Crippen molar-refractivity contribution in [3.63, 3.8) is 0 Å². The van der Waals surface area contributed by atoms with Crippen LogP contribution in [0.1, 0.15) is 28.4 Å². The average Bonchev–Trinajstić information content (AvgIpc) is 2.38. The number of aliphatic hydroxyl groups excluding tert-OH is 2. The van der Waals surface area contributed by atoms with Crippen LogP contribution in [0, 0.1) is 11.3 Å². The molecular formula is C12H13NO5. The Bertz CT molecular complexity index is 480. The fraction of sp³-hybridized carbons (Fsp3) is 0.333. The first-order valence-corrected chi connectivity index (χ1v) is 5.14. The summed E-state index contributed by atoms with van der Waals surface area (Å²) in [7, 11) is 1.30. The number of carbonyl (C=O) groups excluding carboxylic acids is 1. The molecule has 1 rings (SSSR count). The van der Waals surface area contributed by atoms with E-state index in [-0.39, 0.29) is 29.0 Å². The fourth-order valence-corrected chi connectivity index (χ4v) is 1.51. The van der Waals surface area contributed by atoms with Crippen LogP contribution in [0.3, 0.4) is 0 Å². The summed E-state index contributed by atoms with van der Waals surface area (Å²) in [6.07, 6.45) is -2.60. The van der Waals surface area contributed by atoms with E-state index < -0.39 is 12.2 Å².